The summed E-state index contributed by atoms with van der Waals surface area (Å²) in [6.07, 6.45) is 0. The zero-order chi connectivity index (χ0) is 15.4. The van der Waals surface area contributed by atoms with Gasteiger partial charge in [-0.1, -0.05) is 23.7 Å². The normalized spacial score (nSPS) is 12.0. The van der Waals surface area contributed by atoms with Gasteiger partial charge in [0.05, 0.1) is 25.3 Å². The highest BCUT2D eigenvalue weighted by molar-refractivity contribution is 6.30. The van der Waals surface area contributed by atoms with Crippen molar-refractivity contribution < 1.29 is 13.9 Å². The maximum atomic E-state index is 14.2. The molecular weight excluding hydrogens is 295 g/mol. The quantitative estimate of drug-likeness (QED) is 0.658. The van der Waals surface area contributed by atoms with E-state index in [1.165, 1.54) is 13.2 Å². The third kappa shape index (κ3) is 3.10. The van der Waals surface area contributed by atoms with Gasteiger partial charge in [-0.25, -0.2) is 9.82 Å². The number of nitrogens with one attached hydrogen (secondary N) is 1. The molecule has 6 heteroatoms. The summed E-state index contributed by atoms with van der Waals surface area (Å²) in [5.74, 6) is 6.27. The fraction of sp³-hybridized carbons (Fsp3) is 0.200. The number of hydrogen-bond acceptors (Lipinski definition) is 4. The van der Waals surface area contributed by atoms with E-state index in [4.69, 9.17) is 26.9 Å². The first-order valence-electron chi connectivity index (χ1n) is 6.24. The molecule has 3 N–H and O–H groups in total. The number of hydrogen-bond donors (Lipinski definition) is 2. The van der Waals surface area contributed by atoms with Crippen molar-refractivity contribution in [2.24, 2.45) is 5.84 Å². The predicted molar refractivity (Wildman–Crippen MR) is 80.1 cm³/mol. The van der Waals surface area contributed by atoms with Crippen LogP contribution in [0.3, 0.4) is 0 Å². The molecule has 0 bridgehead atoms. The van der Waals surface area contributed by atoms with Crippen LogP contribution in [0, 0.1) is 5.82 Å². The van der Waals surface area contributed by atoms with Crippen molar-refractivity contribution in [2.75, 3.05) is 14.2 Å². The molecule has 2 aromatic carbocycles. The lowest BCUT2D eigenvalue weighted by molar-refractivity contribution is 0.387. The van der Waals surface area contributed by atoms with E-state index in [0.29, 0.717) is 22.6 Å². The molecule has 0 saturated carbocycles. The fourth-order valence-corrected chi connectivity index (χ4v) is 2.33. The maximum absolute atomic E-state index is 14.2. The molecule has 21 heavy (non-hydrogen) atoms. The van der Waals surface area contributed by atoms with E-state index in [0.717, 1.165) is 0 Å². The van der Waals surface area contributed by atoms with E-state index in [9.17, 15) is 4.39 Å². The Morgan fingerprint density at radius 2 is 1.90 bits per heavy atom. The fourth-order valence-electron chi connectivity index (χ4n) is 2.15. The largest absolute Gasteiger partial charge is 0.497 e. The molecule has 0 fully saturated rings. The van der Waals surface area contributed by atoms with Gasteiger partial charge in [0.1, 0.15) is 17.3 Å². The summed E-state index contributed by atoms with van der Waals surface area (Å²) in [4.78, 5) is 0. The Labute approximate surface area is 127 Å². The summed E-state index contributed by atoms with van der Waals surface area (Å²) in [6, 6.07) is 9.41. The Bertz CT molecular complexity index is 637. The lowest BCUT2D eigenvalue weighted by atomic mass is 9.97. The first-order chi connectivity index (χ1) is 10.1. The van der Waals surface area contributed by atoms with Gasteiger partial charge in [0, 0.05) is 17.2 Å². The SMILES string of the molecule is COc1ccc(C(NN)c2cccc(Cl)c2F)c(OC)c1. The topological polar surface area (TPSA) is 56.5 Å². The van der Waals surface area contributed by atoms with Crippen molar-refractivity contribution in [3.05, 3.63) is 58.4 Å². The molecule has 0 saturated heterocycles. The first kappa shape index (κ1) is 15.6. The molecule has 0 aromatic heterocycles. The van der Waals surface area contributed by atoms with Crippen LogP contribution < -0.4 is 20.7 Å². The molecule has 0 radical (unpaired) electrons. The van der Waals surface area contributed by atoms with Gasteiger partial charge in [0.25, 0.3) is 0 Å². The Kier molecular flexibility index (Phi) is 5.01. The summed E-state index contributed by atoms with van der Waals surface area (Å²) in [7, 11) is 3.09. The Morgan fingerprint density at radius 3 is 2.52 bits per heavy atom. The number of rotatable bonds is 5. The van der Waals surface area contributed by atoms with Crippen LogP contribution in [-0.2, 0) is 0 Å². The second-order valence-corrected chi connectivity index (χ2v) is 4.76. The van der Waals surface area contributed by atoms with E-state index < -0.39 is 11.9 Å². The van der Waals surface area contributed by atoms with Gasteiger partial charge in [0.15, 0.2) is 0 Å². The van der Waals surface area contributed by atoms with Gasteiger partial charge >= 0.3 is 0 Å². The highest BCUT2D eigenvalue weighted by atomic mass is 35.5. The van der Waals surface area contributed by atoms with Gasteiger partial charge in [-0.3, -0.25) is 5.84 Å². The lowest BCUT2D eigenvalue weighted by Gasteiger charge is -2.21. The number of ether oxygens (including phenoxy) is 2. The van der Waals surface area contributed by atoms with Crippen LogP contribution in [0.2, 0.25) is 5.02 Å². The van der Waals surface area contributed by atoms with Crippen LogP contribution >= 0.6 is 11.6 Å². The van der Waals surface area contributed by atoms with Crippen molar-refractivity contribution in [1.29, 1.82) is 0 Å². The Morgan fingerprint density at radius 1 is 1.14 bits per heavy atom. The van der Waals surface area contributed by atoms with Crippen molar-refractivity contribution in [3.63, 3.8) is 0 Å². The average molecular weight is 311 g/mol. The van der Waals surface area contributed by atoms with Crippen LogP contribution in [0.25, 0.3) is 0 Å². The number of hydrazine groups is 1. The second-order valence-electron chi connectivity index (χ2n) is 4.35. The summed E-state index contributed by atoms with van der Waals surface area (Å²) in [6.45, 7) is 0. The molecule has 0 spiro atoms. The molecule has 0 amide bonds. The van der Waals surface area contributed by atoms with Crippen molar-refractivity contribution >= 4 is 11.6 Å². The molecular formula is C15H16ClFN2O2. The zero-order valence-electron chi connectivity index (χ0n) is 11.7. The Hall–Kier alpha value is -1.82. The molecule has 0 heterocycles. The van der Waals surface area contributed by atoms with E-state index >= 15 is 0 Å². The number of nitrogens with two attached hydrogens (primary N) is 1. The minimum absolute atomic E-state index is 0.0419. The third-order valence-electron chi connectivity index (χ3n) is 3.21. The minimum Gasteiger partial charge on any atom is -0.497 e. The monoisotopic (exact) mass is 310 g/mol. The molecule has 2 aromatic rings. The van der Waals surface area contributed by atoms with E-state index in [1.807, 2.05) is 0 Å². The molecule has 2 rings (SSSR count). The van der Waals surface area contributed by atoms with Gasteiger partial charge in [-0.2, -0.15) is 0 Å². The van der Waals surface area contributed by atoms with Gasteiger partial charge in [0.2, 0.25) is 0 Å². The zero-order valence-corrected chi connectivity index (χ0v) is 12.4. The summed E-state index contributed by atoms with van der Waals surface area (Å²) >= 11 is 5.83. The molecule has 1 atom stereocenters. The summed E-state index contributed by atoms with van der Waals surface area (Å²) in [5, 5.41) is 0.0419. The molecule has 0 aliphatic rings. The van der Waals surface area contributed by atoms with Crippen molar-refractivity contribution in [1.82, 2.24) is 5.43 Å². The Balaban J connectivity index is 2.53. The lowest BCUT2D eigenvalue weighted by Crippen LogP contribution is -2.30. The summed E-state index contributed by atoms with van der Waals surface area (Å²) in [5.41, 5.74) is 3.62. The predicted octanol–water partition coefficient (Wildman–Crippen LogP) is 3.05. The van der Waals surface area contributed by atoms with Crippen LogP contribution in [-0.4, -0.2) is 14.2 Å². The summed E-state index contributed by atoms with van der Waals surface area (Å²) < 4.78 is 24.7. The van der Waals surface area contributed by atoms with Gasteiger partial charge < -0.3 is 9.47 Å². The number of halogens is 2. The maximum Gasteiger partial charge on any atom is 0.146 e. The highest BCUT2D eigenvalue weighted by Crippen LogP contribution is 2.34. The number of methoxy groups -OCH3 is 2. The van der Waals surface area contributed by atoms with Crippen LogP contribution in [0.15, 0.2) is 36.4 Å². The van der Waals surface area contributed by atoms with E-state index in [2.05, 4.69) is 5.43 Å². The van der Waals surface area contributed by atoms with Crippen LogP contribution in [0.5, 0.6) is 11.5 Å². The molecule has 0 aliphatic carbocycles. The van der Waals surface area contributed by atoms with Crippen LogP contribution in [0.1, 0.15) is 17.2 Å². The minimum atomic E-state index is -0.593. The molecule has 0 aliphatic heterocycles. The molecule has 112 valence electrons. The van der Waals surface area contributed by atoms with Gasteiger partial charge in [-0.15, -0.1) is 0 Å². The van der Waals surface area contributed by atoms with E-state index in [-0.39, 0.29) is 5.02 Å². The third-order valence-corrected chi connectivity index (χ3v) is 3.50. The highest BCUT2D eigenvalue weighted by Gasteiger charge is 2.21. The van der Waals surface area contributed by atoms with E-state index in [1.54, 1.807) is 37.4 Å². The smallest absolute Gasteiger partial charge is 0.146 e. The van der Waals surface area contributed by atoms with Crippen molar-refractivity contribution in [3.8, 4) is 11.5 Å². The first-order valence-corrected chi connectivity index (χ1v) is 6.62. The van der Waals surface area contributed by atoms with Crippen molar-refractivity contribution in [2.45, 2.75) is 6.04 Å². The van der Waals surface area contributed by atoms with Gasteiger partial charge in [-0.05, 0) is 18.2 Å². The average Bonchev–Trinajstić information content (AvgIpc) is 2.52. The van der Waals surface area contributed by atoms with Crippen LogP contribution in [0.4, 0.5) is 4.39 Å². The second kappa shape index (κ2) is 6.76. The molecule has 1 unspecified atom stereocenters. The number of benzene rings is 2. The molecule has 4 nitrogen and oxygen atoms in total. The standard InChI is InChI=1S/C15H16ClFN2O2/c1-20-9-6-7-10(13(8-9)21-2)15(19-18)11-4-3-5-12(16)14(11)17/h3-8,15,19H,18H2,1-2H3.